The molecular formula is C9H14O3. The summed E-state index contributed by atoms with van der Waals surface area (Å²) in [4.78, 5) is 11.2. The van der Waals surface area contributed by atoms with E-state index >= 15 is 0 Å². The van der Waals surface area contributed by atoms with E-state index in [0.717, 1.165) is 12.8 Å². The lowest BCUT2D eigenvalue weighted by molar-refractivity contribution is -0.141. The monoisotopic (exact) mass is 170 g/mol. The Kier molecular flexibility index (Phi) is 1.83. The highest BCUT2D eigenvalue weighted by Crippen LogP contribution is 2.39. The van der Waals surface area contributed by atoms with E-state index < -0.39 is 0 Å². The number of hydrogen-bond donors (Lipinski definition) is 1. The maximum absolute atomic E-state index is 11.2. The first kappa shape index (κ1) is 8.05. The summed E-state index contributed by atoms with van der Waals surface area (Å²) in [5.41, 5.74) is 0. The SMILES string of the molecule is C[C@H]1[C@H]2COC(=O)[C@H]2CC[C@H]1O. The van der Waals surface area contributed by atoms with E-state index in [4.69, 9.17) is 4.74 Å². The molecule has 68 valence electrons. The summed E-state index contributed by atoms with van der Waals surface area (Å²) in [5.74, 6) is 0.499. The first-order valence-corrected chi connectivity index (χ1v) is 4.55. The van der Waals surface area contributed by atoms with Crippen LogP contribution in [0, 0.1) is 17.8 Å². The molecule has 1 N–H and O–H groups in total. The quantitative estimate of drug-likeness (QED) is 0.540. The number of hydrogen-bond acceptors (Lipinski definition) is 3. The van der Waals surface area contributed by atoms with Crippen LogP contribution in [0.2, 0.25) is 0 Å². The molecule has 1 saturated carbocycles. The van der Waals surface area contributed by atoms with Crippen LogP contribution >= 0.6 is 0 Å². The van der Waals surface area contributed by atoms with Gasteiger partial charge in [0, 0.05) is 5.92 Å². The second kappa shape index (κ2) is 2.73. The second-order valence-electron chi connectivity index (χ2n) is 3.90. The normalized spacial score (nSPS) is 47.0. The van der Waals surface area contributed by atoms with Gasteiger partial charge in [0.2, 0.25) is 0 Å². The molecule has 0 amide bonds. The molecule has 0 radical (unpaired) electrons. The molecule has 4 atom stereocenters. The zero-order valence-corrected chi connectivity index (χ0v) is 7.19. The van der Waals surface area contributed by atoms with Crippen LogP contribution in [0.5, 0.6) is 0 Å². The van der Waals surface area contributed by atoms with Crippen LogP contribution in [0.4, 0.5) is 0 Å². The summed E-state index contributed by atoms with van der Waals surface area (Å²) in [6.45, 7) is 2.52. The molecule has 1 saturated heterocycles. The highest BCUT2D eigenvalue weighted by Gasteiger charge is 2.45. The Balaban J connectivity index is 2.14. The van der Waals surface area contributed by atoms with Gasteiger partial charge in [0.15, 0.2) is 0 Å². The van der Waals surface area contributed by atoms with Crippen molar-refractivity contribution >= 4 is 5.97 Å². The van der Waals surface area contributed by atoms with Gasteiger partial charge < -0.3 is 9.84 Å². The maximum Gasteiger partial charge on any atom is 0.309 e. The predicted octanol–water partition coefficient (Wildman–Crippen LogP) is 0.566. The molecule has 0 spiro atoms. The Morgan fingerprint density at radius 3 is 3.00 bits per heavy atom. The van der Waals surface area contributed by atoms with Crippen molar-refractivity contribution in [3.05, 3.63) is 0 Å². The lowest BCUT2D eigenvalue weighted by atomic mass is 9.73. The summed E-state index contributed by atoms with van der Waals surface area (Å²) in [6.07, 6.45) is 1.31. The molecule has 2 aliphatic rings. The molecule has 2 fully saturated rings. The van der Waals surface area contributed by atoms with Gasteiger partial charge >= 0.3 is 5.97 Å². The standard InChI is InChI=1S/C9H14O3/c1-5-7-4-12-9(11)6(7)2-3-8(5)10/h5-8,10H,2-4H2,1H3/t5-,6-,7+,8+/m0/s1. The van der Waals surface area contributed by atoms with Crippen LogP contribution in [0.25, 0.3) is 0 Å². The van der Waals surface area contributed by atoms with E-state index in [1.54, 1.807) is 0 Å². The van der Waals surface area contributed by atoms with Gasteiger partial charge in [-0.25, -0.2) is 0 Å². The number of carbonyl (C=O) groups is 1. The van der Waals surface area contributed by atoms with E-state index in [9.17, 15) is 9.90 Å². The smallest absolute Gasteiger partial charge is 0.309 e. The number of aliphatic hydroxyl groups excluding tert-OH is 1. The Morgan fingerprint density at radius 1 is 1.50 bits per heavy atom. The fourth-order valence-corrected chi connectivity index (χ4v) is 2.33. The highest BCUT2D eigenvalue weighted by molar-refractivity contribution is 5.74. The molecule has 1 heterocycles. The van der Waals surface area contributed by atoms with Crippen molar-refractivity contribution in [3.8, 4) is 0 Å². The molecule has 0 aromatic rings. The van der Waals surface area contributed by atoms with Crippen LogP contribution in [0.3, 0.4) is 0 Å². The first-order chi connectivity index (χ1) is 5.70. The van der Waals surface area contributed by atoms with Crippen LogP contribution in [0.1, 0.15) is 19.8 Å². The van der Waals surface area contributed by atoms with Crippen molar-refractivity contribution in [2.45, 2.75) is 25.9 Å². The Hall–Kier alpha value is -0.570. The van der Waals surface area contributed by atoms with Crippen molar-refractivity contribution < 1.29 is 14.6 Å². The molecule has 1 aliphatic carbocycles. The third-order valence-corrected chi connectivity index (χ3v) is 3.29. The number of rotatable bonds is 0. The molecule has 0 bridgehead atoms. The minimum absolute atomic E-state index is 0.0567. The Labute approximate surface area is 71.7 Å². The minimum atomic E-state index is -0.235. The lowest BCUT2D eigenvalue weighted by Gasteiger charge is -2.32. The zero-order valence-electron chi connectivity index (χ0n) is 7.19. The number of carbonyl (C=O) groups excluding carboxylic acids is 1. The van der Waals surface area contributed by atoms with E-state index in [1.807, 2.05) is 6.92 Å². The molecule has 12 heavy (non-hydrogen) atoms. The Bertz CT molecular complexity index is 202. The Morgan fingerprint density at radius 2 is 2.25 bits per heavy atom. The van der Waals surface area contributed by atoms with Gasteiger partial charge in [-0.1, -0.05) is 6.92 Å². The lowest BCUT2D eigenvalue weighted by Crippen LogP contribution is -2.36. The van der Waals surface area contributed by atoms with E-state index in [1.165, 1.54) is 0 Å². The fraction of sp³-hybridized carbons (Fsp3) is 0.889. The van der Waals surface area contributed by atoms with Gasteiger partial charge in [0.1, 0.15) is 0 Å². The average Bonchev–Trinajstić information content (AvgIpc) is 2.41. The summed E-state index contributed by atoms with van der Waals surface area (Å²) < 4.78 is 4.97. The van der Waals surface area contributed by atoms with Crippen molar-refractivity contribution in [1.82, 2.24) is 0 Å². The highest BCUT2D eigenvalue weighted by atomic mass is 16.5. The maximum atomic E-state index is 11.2. The molecule has 0 unspecified atom stereocenters. The summed E-state index contributed by atoms with van der Waals surface area (Å²) in [5, 5.41) is 9.54. The third kappa shape index (κ3) is 1.04. The average molecular weight is 170 g/mol. The largest absolute Gasteiger partial charge is 0.465 e. The van der Waals surface area contributed by atoms with E-state index in [2.05, 4.69) is 0 Å². The molecule has 2 rings (SSSR count). The van der Waals surface area contributed by atoms with Crippen LogP contribution < -0.4 is 0 Å². The summed E-state index contributed by atoms with van der Waals surface area (Å²) in [7, 11) is 0. The molecule has 3 nitrogen and oxygen atoms in total. The predicted molar refractivity (Wildman–Crippen MR) is 42.3 cm³/mol. The van der Waals surface area contributed by atoms with Crippen molar-refractivity contribution in [2.75, 3.05) is 6.61 Å². The van der Waals surface area contributed by atoms with Crippen LogP contribution in [-0.4, -0.2) is 23.8 Å². The zero-order chi connectivity index (χ0) is 8.72. The number of esters is 1. The number of ether oxygens (including phenoxy) is 1. The van der Waals surface area contributed by atoms with Gasteiger partial charge in [-0.2, -0.15) is 0 Å². The van der Waals surface area contributed by atoms with Gasteiger partial charge in [-0.15, -0.1) is 0 Å². The first-order valence-electron chi connectivity index (χ1n) is 4.55. The second-order valence-corrected chi connectivity index (χ2v) is 3.90. The van der Waals surface area contributed by atoms with E-state index in [0.29, 0.717) is 6.61 Å². The van der Waals surface area contributed by atoms with E-state index in [-0.39, 0.29) is 29.8 Å². The number of cyclic esters (lactones) is 1. The molecule has 0 aromatic heterocycles. The number of aliphatic hydroxyl groups is 1. The van der Waals surface area contributed by atoms with Gasteiger partial charge in [-0.05, 0) is 18.8 Å². The fourth-order valence-electron chi connectivity index (χ4n) is 2.33. The topological polar surface area (TPSA) is 46.5 Å². The van der Waals surface area contributed by atoms with Gasteiger partial charge in [0.25, 0.3) is 0 Å². The third-order valence-electron chi connectivity index (χ3n) is 3.29. The molecule has 0 aromatic carbocycles. The van der Waals surface area contributed by atoms with Crippen molar-refractivity contribution in [1.29, 1.82) is 0 Å². The number of fused-ring (bicyclic) bond motifs is 1. The van der Waals surface area contributed by atoms with Crippen LogP contribution in [-0.2, 0) is 9.53 Å². The molecular weight excluding hydrogens is 156 g/mol. The summed E-state index contributed by atoms with van der Waals surface area (Å²) in [6, 6.07) is 0. The van der Waals surface area contributed by atoms with Gasteiger partial charge in [-0.3, -0.25) is 4.79 Å². The van der Waals surface area contributed by atoms with Gasteiger partial charge in [0.05, 0.1) is 18.6 Å². The van der Waals surface area contributed by atoms with Crippen molar-refractivity contribution in [2.24, 2.45) is 17.8 Å². The van der Waals surface area contributed by atoms with Crippen molar-refractivity contribution in [3.63, 3.8) is 0 Å². The summed E-state index contributed by atoms with van der Waals surface area (Å²) >= 11 is 0. The molecule has 1 aliphatic heterocycles. The molecule has 3 heteroatoms. The minimum Gasteiger partial charge on any atom is -0.465 e. The van der Waals surface area contributed by atoms with Crippen LogP contribution in [0.15, 0.2) is 0 Å².